The summed E-state index contributed by atoms with van der Waals surface area (Å²) in [6.45, 7) is 1.76. The van der Waals surface area contributed by atoms with Crippen molar-refractivity contribution in [2.75, 3.05) is 7.05 Å². The van der Waals surface area contributed by atoms with Crippen molar-refractivity contribution in [1.29, 1.82) is 0 Å². The summed E-state index contributed by atoms with van der Waals surface area (Å²) >= 11 is 10.5. The number of nitrogens with zero attached hydrogens (tertiary/aromatic N) is 1. The zero-order valence-electron chi connectivity index (χ0n) is 25.2. The first-order valence-electron chi connectivity index (χ1n) is 14.4. The number of nitrogens with one attached hydrogen (secondary N) is 2. The lowest BCUT2D eigenvalue weighted by atomic mass is 10.2. The number of benzene rings is 6. The molecule has 0 radical (unpaired) electrons. The molecule has 0 aliphatic rings. The second kappa shape index (κ2) is 18.2. The molecule has 0 fully saturated rings. The first-order valence-corrected chi connectivity index (χ1v) is 16.8. The van der Waals surface area contributed by atoms with E-state index in [1.54, 1.807) is 14.0 Å². The number of halogens is 3. The molecule has 2 N–H and O–H groups in total. The lowest BCUT2D eigenvalue weighted by molar-refractivity contribution is -0.681. The summed E-state index contributed by atoms with van der Waals surface area (Å²) in [6.07, 6.45) is 0. The minimum Gasteiger partial charge on any atom is -0.238 e. The van der Waals surface area contributed by atoms with Crippen LogP contribution in [0.5, 0.6) is 0 Å². The molecule has 0 saturated heterocycles. The molecule has 0 unspecified atom stereocenters. The van der Waals surface area contributed by atoms with Crippen molar-refractivity contribution in [1.82, 2.24) is 0 Å². The first-order chi connectivity index (χ1) is 22.0. The van der Waals surface area contributed by atoms with Crippen molar-refractivity contribution in [3.63, 3.8) is 0 Å². The third-order valence-electron chi connectivity index (χ3n) is 6.81. The fourth-order valence-electron chi connectivity index (χ4n) is 4.66. The van der Waals surface area contributed by atoms with Crippen molar-refractivity contribution in [2.45, 2.75) is 6.92 Å². The molecule has 0 aromatic heterocycles. The number of hydrogen-bond donors (Lipinski definition) is 2. The van der Waals surface area contributed by atoms with E-state index in [0.29, 0.717) is 0 Å². The Morgan fingerprint density at radius 3 is 0.778 bits per heavy atom. The zero-order valence-corrected chi connectivity index (χ0v) is 29.9. The van der Waals surface area contributed by atoms with Crippen molar-refractivity contribution >= 4 is 81.9 Å². The highest BCUT2D eigenvalue weighted by Gasteiger charge is 2.19. The number of rotatable bonds is 6. The molecule has 6 aromatic carbocycles. The van der Waals surface area contributed by atoms with Crippen LogP contribution in [0.2, 0.25) is 0 Å². The Morgan fingerprint density at radius 2 is 0.578 bits per heavy atom. The van der Waals surface area contributed by atoms with Crippen LogP contribution < -0.4 is 9.80 Å². The highest BCUT2D eigenvalue weighted by Crippen LogP contribution is 2.21. The predicted molar refractivity (Wildman–Crippen MR) is 200 cm³/mol. The van der Waals surface area contributed by atoms with Crippen LogP contribution in [0.25, 0.3) is 4.85 Å². The van der Waals surface area contributed by atoms with E-state index in [0.717, 1.165) is 13.4 Å². The topological polar surface area (TPSA) is 13.2 Å². The van der Waals surface area contributed by atoms with Crippen molar-refractivity contribution in [3.05, 3.63) is 182 Å². The van der Waals surface area contributed by atoms with Gasteiger partial charge >= 0.3 is 0 Å². The third kappa shape index (κ3) is 10.4. The fraction of sp³-hybridized carbons (Fsp3) is 0.0513. The van der Waals surface area contributed by atoms with E-state index in [2.05, 4.69) is 222 Å². The summed E-state index contributed by atoms with van der Waals surface area (Å²) in [6, 6.07) is 59.5. The monoisotopic (exact) mass is 782 g/mol. The third-order valence-corrected chi connectivity index (χ3v) is 8.40. The average molecular weight is 785 g/mol. The molecule has 0 heterocycles. The van der Waals surface area contributed by atoms with Gasteiger partial charge in [-0.2, -0.15) is 0 Å². The van der Waals surface area contributed by atoms with Crippen molar-refractivity contribution in [3.8, 4) is 6.07 Å². The van der Waals surface area contributed by atoms with Crippen LogP contribution in [0.4, 0.5) is 34.1 Å². The maximum atomic E-state index is 3.50. The Morgan fingerprint density at radius 1 is 0.378 bits per heavy atom. The molecule has 0 atom stereocenters. The molecule has 6 rings (SSSR count). The van der Waals surface area contributed by atoms with Gasteiger partial charge < -0.3 is 0 Å². The van der Waals surface area contributed by atoms with Crippen LogP contribution in [-0.2, 0) is 0 Å². The van der Waals surface area contributed by atoms with E-state index in [9.17, 15) is 0 Å². The molecule has 0 bridgehead atoms. The summed E-state index contributed by atoms with van der Waals surface area (Å²) < 4.78 is 3.26. The summed E-state index contributed by atoms with van der Waals surface area (Å²) in [5, 5.41) is 0. The van der Waals surface area contributed by atoms with Gasteiger partial charge in [0.25, 0.3) is 13.1 Å². The summed E-state index contributed by atoms with van der Waals surface area (Å²) in [5.74, 6) is 0. The Hall–Kier alpha value is -3.83. The molecule has 45 heavy (non-hydrogen) atoms. The Labute approximate surface area is 292 Å². The maximum absolute atomic E-state index is 3.50. The SMILES string of the molecule is Brc1ccc([NH+](c2ccc(Br)cc2)c2ccc(Br)cc2)cc1.CC#[N+]C.c1ccc([NH+](c2ccccc2)c2ccccc2)cc1. The summed E-state index contributed by atoms with van der Waals surface area (Å²) in [7, 11) is 1.69. The number of para-hydroxylation sites is 3. The number of hydrogen-bond acceptors (Lipinski definition) is 0. The smallest absolute Gasteiger partial charge is 0.238 e. The first kappa shape index (κ1) is 34.1. The van der Waals surface area contributed by atoms with Gasteiger partial charge in [-0.15, -0.1) is 0 Å². The van der Waals surface area contributed by atoms with Crippen LogP contribution in [0.3, 0.4) is 0 Å². The number of quaternary nitrogens is 2. The molecule has 6 heteroatoms. The molecule has 0 spiro atoms. The average Bonchev–Trinajstić information content (AvgIpc) is 3.09. The van der Waals surface area contributed by atoms with Gasteiger partial charge in [0.05, 0.1) is 6.92 Å². The Bertz CT molecular complexity index is 1560. The van der Waals surface area contributed by atoms with Crippen LogP contribution in [-0.4, -0.2) is 7.05 Å². The van der Waals surface area contributed by atoms with Gasteiger partial charge in [-0.25, -0.2) is 9.80 Å². The minimum absolute atomic E-state index is 1.09. The Balaban J connectivity index is 0.000000185. The molecule has 224 valence electrons. The van der Waals surface area contributed by atoms with Gasteiger partial charge in [-0.05, 0) is 72.8 Å². The van der Waals surface area contributed by atoms with Crippen LogP contribution >= 0.6 is 47.8 Å². The van der Waals surface area contributed by atoms with Crippen LogP contribution in [0.1, 0.15) is 6.92 Å². The van der Waals surface area contributed by atoms with E-state index < -0.39 is 0 Å². The van der Waals surface area contributed by atoms with Gasteiger partial charge in [-0.1, -0.05) is 107 Å². The highest BCUT2D eigenvalue weighted by atomic mass is 79.9. The van der Waals surface area contributed by atoms with Crippen molar-refractivity contribution in [2.24, 2.45) is 0 Å². The van der Waals surface area contributed by atoms with Gasteiger partial charge in [-0.3, -0.25) is 0 Å². The molecule has 6 aromatic rings. The quantitative estimate of drug-likeness (QED) is 0.167. The molecule has 0 saturated carbocycles. The van der Waals surface area contributed by atoms with Gasteiger partial charge in [0.1, 0.15) is 34.1 Å². The second-order valence-corrected chi connectivity index (χ2v) is 12.6. The lowest BCUT2D eigenvalue weighted by Gasteiger charge is -2.18. The molecular formula is C39H35Br3N3+3. The van der Waals surface area contributed by atoms with Crippen LogP contribution in [0.15, 0.2) is 177 Å². The molecule has 0 aliphatic carbocycles. The predicted octanol–water partition coefficient (Wildman–Crippen LogP) is 11.0. The van der Waals surface area contributed by atoms with Gasteiger partial charge in [0, 0.05) is 49.8 Å². The van der Waals surface area contributed by atoms with E-state index in [-0.39, 0.29) is 0 Å². The zero-order chi connectivity index (χ0) is 31.9. The lowest BCUT2D eigenvalue weighted by Crippen LogP contribution is -2.96. The minimum atomic E-state index is 1.09. The standard InChI is InChI=1S/C18H12Br3N.C18H15N.C3H6N/c19-13-1-7-16(8-2-13)22(17-9-3-14(20)4-10-17)18-11-5-15(21)6-12-18;1-4-10-16(11-5-1)19(17-12-6-2-7-13-17)18-14-8-3-9-15-18;1-3-4-2/h1-12H;1-15H;1-2H3/q;;+1/p+2. The van der Waals surface area contributed by atoms with E-state index in [1.165, 1.54) is 43.9 Å². The highest BCUT2D eigenvalue weighted by molar-refractivity contribution is 9.11. The Kier molecular flexibility index (Phi) is 13.8. The van der Waals surface area contributed by atoms with E-state index >= 15 is 0 Å². The van der Waals surface area contributed by atoms with Crippen LogP contribution in [0, 0.1) is 6.07 Å². The maximum Gasteiger partial charge on any atom is 0.269 e. The molecule has 0 amide bonds. The normalized spacial score (nSPS) is 10.1. The van der Waals surface area contributed by atoms with E-state index in [4.69, 9.17) is 0 Å². The molecule has 3 nitrogen and oxygen atoms in total. The van der Waals surface area contributed by atoms with Gasteiger partial charge in [0.2, 0.25) is 0 Å². The largest absolute Gasteiger partial charge is 0.269 e. The molecular weight excluding hydrogens is 750 g/mol. The summed E-state index contributed by atoms with van der Waals surface area (Å²) in [4.78, 5) is 5.99. The van der Waals surface area contributed by atoms with E-state index in [1.807, 2.05) is 0 Å². The second-order valence-electron chi connectivity index (χ2n) is 9.82. The van der Waals surface area contributed by atoms with Gasteiger partial charge in [0.15, 0.2) is 0 Å². The summed E-state index contributed by atoms with van der Waals surface area (Å²) in [5.41, 5.74) is 7.35. The molecule has 0 aliphatic heterocycles. The van der Waals surface area contributed by atoms with Crippen molar-refractivity contribution < 1.29 is 9.80 Å². The fourth-order valence-corrected chi connectivity index (χ4v) is 5.46.